The van der Waals surface area contributed by atoms with Crippen LogP contribution < -0.4 is 16.2 Å². The van der Waals surface area contributed by atoms with Crippen molar-refractivity contribution < 1.29 is 9.59 Å². The van der Waals surface area contributed by atoms with E-state index in [1.54, 1.807) is 6.07 Å². The summed E-state index contributed by atoms with van der Waals surface area (Å²) in [5, 5.41) is 6.58. The van der Waals surface area contributed by atoms with Gasteiger partial charge in [-0.2, -0.15) is 0 Å². The molecule has 2 bridgehead atoms. The highest BCUT2D eigenvalue weighted by molar-refractivity contribution is 5.82. The SMILES string of the molecule is C[C@H]1CC[C@@H](C(=O)N2C[C@H]3C[C@@H](C2)[C@H](CNC(=O)C2CCCC2)n2c3cccc2=O)N1. The predicted octanol–water partition coefficient (Wildman–Crippen LogP) is 1.78. The molecule has 3 fully saturated rings. The number of amides is 2. The van der Waals surface area contributed by atoms with Gasteiger partial charge in [0.1, 0.15) is 0 Å². The second kappa shape index (κ2) is 8.41. The lowest BCUT2D eigenvalue weighted by Crippen LogP contribution is -2.56. The molecular formula is C24H34N4O3. The first-order valence-electron chi connectivity index (χ1n) is 12.0. The highest BCUT2D eigenvalue weighted by atomic mass is 16.2. The zero-order chi connectivity index (χ0) is 21.5. The number of aromatic nitrogens is 1. The summed E-state index contributed by atoms with van der Waals surface area (Å²) in [6.45, 7) is 3.92. The number of nitrogens with one attached hydrogen (secondary N) is 2. The molecule has 1 aromatic rings. The largest absolute Gasteiger partial charge is 0.354 e. The number of carbonyl (C=O) groups is 2. The van der Waals surface area contributed by atoms with Crippen LogP contribution in [0.25, 0.3) is 0 Å². The lowest BCUT2D eigenvalue weighted by Gasteiger charge is -2.47. The van der Waals surface area contributed by atoms with E-state index in [9.17, 15) is 14.4 Å². The third kappa shape index (κ3) is 3.93. The van der Waals surface area contributed by atoms with Crippen LogP contribution in [0.1, 0.15) is 69.5 Å². The molecule has 0 unspecified atom stereocenters. The summed E-state index contributed by atoms with van der Waals surface area (Å²) in [7, 11) is 0. The quantitative estimate of drug-likeness (QED) is 0.769. The Kier molecular flexibility index (Phi) is 5.63. The van der Waals surface area contributed by atoms with Gasteiger partial charge in [0.05, 0.1) is 12.1 Å². The molecule has 5 rings (SSSR count). The van der Waals surface area contributed by atoms with Gasteiger partial charge < -0.3 is 20.1 Å². The number of pyridine rings is 1. The maximum atomic E-state index is 13.2. The van der Waals surface area contributed by atoms with Crippen molar-refractivity contribution in [1.82, 2.24) is 20.1 Å². The third-order valence-electron chi connectivity index (χ3n) is 7.99. The number of hydrogen-bond donors (Lipinski definition) is 2. The molecule has 2 amide bonds. The minimum absolute atomic E-state index is 0.00150. The summed E-state index contributed by atoms with van der Waals surface area (Å²) < 4.78 is 1.91. The average molecular weight is 427 g/mol. The Morgan fingerprint density at radius 1 is 1.13 bits per heavy atom. The molecule has 168 valence electrons. The van der Waals surface area contributed by atoms with Crippen LogP contribution in [0.15, 0.2) is 23.0 Å². The van der Waals surface area contributed by atoms with Crippen LogP contribution in [0.5, 0.6) is 0 Å². The van der Waals surface area contributed by atoms with E-state index < -0.39 is 0 Å². The first-order valence-corrected chi connectivity index (χ1v) is 12.0. The molecule has 3 aliphatic heterocycles. The normalized spacial score (nSPS) is 32.7. The number of rotatable bonds is 4. The van der Waals surface area contributed by atoms with Crippen LogP contribution in [-0.4, -0.2) is 53.0 Å². The molecule has 2 saturated heterocycles. The molecule has 1 saturated carbocycles. The van der Waals surface area contributed by atoms with E-state index in [-0.39, 0.29) is 47.2 Å². The average Bonchev–Trinajstić information content (AvgIpc) is 3.45. The predicted molar refractivity (Wildman–Crippen MR) is 118 cm³/mol. The molecular weight excluding hydrogens is 392 g/mol. The zero-order valence-electron chi connectivity index (χ0n) is 18.4. The van der Waals surface area contributed by atoms with Crippen molar-refractivity contribution >= 4 is 11.8 Å². The fourth-order valence-electron chi connectivity index (χ4n) is 6.36. The van der Waals surface area contributed by atoms with Crippen LogP contribution in [0, 0.1) is 11.8 Å². The summed E-state index contributed by atoms with van der Waals surface area (Å²) in [5.41, 5.74) is 1.01. The van der Waals surface area contributed by atoms with Gasteiger partial charge in [-0.15, -0.1) is 0 Å². The van der Waals surface area contributed by atoms with E-state index in [4.69, 9.17) is 0 Å². The van der Waals surface area contributed by atoms with Gasteiger partial charge in [0.2, 0.25) is 11.8 Å². The molecule has 5 atom stereocenters. The van der Waals surface area contributed by atoms with E-state index in [1.165, 1.54) is 0 Å². The maximum Gasteiger partial charge on any atom is 0.251 e. The van der Waals surface area contributed by atoms with E-state index in [2.05, 4.69) is 17.6 Å². The van der Waals surface area contributed by atoms with Crippen molar-refractivity contribution in [3.05, 3.63) is 34.2 Å². The van der Waals surface area contributed by atoms with Crippen molar-refractivity contribution in [3.63, 3.8) is 0 Å². The first kappa shape index (κ1) is 20.7. The molecule has 4 heterocycles. The topological polar surface area (TPSA) is 83.4 Å². The van der Waals surface area contributed by atoms with Crippen molar-refractivity contribution in [2.45, 2.75) is 75.9 Å². The Hall–Kier alpha value is -2.15. The fourth-order valence-corrected chi connectivity index (χ4v) is 6.36. The van der Waals surface area contributed by atoms with Crippen LogP contribution in [0.4, 0.5) is 0 Å². The minimum atomic E-state index is -0.101. The van der Waals surface area contributed by atoms with E-state index in [1.807, 2.05) is 21.6 Å². The van der Waals surface area contributed by atoms with Gasteiger partial charge >= 0.3 is 0 Å². The van der Waals surface area contributed by atoms with Gasteiger partial charge in [-0.05, 0) is 51.0 Å². The van der Waals surface area contributed by atoms with E-state index >= 15 is 0 Å². The molecule has 31 heavy (non-hydrogen) atoms. The fraction of sp³-hybridized carbons (Fsp3) is 0.708. The monoisotopic (exact) mass is 426 g/mol. The molecule has 2 N–H and O–H groups in total. The smallest absolute Gasteiger partial charge is 0.251 e. The zero-order valence-corrected chi connectivity index (χ0v) is 18.4. The first-order chi connectivity index (χ1) is 15.0. The molecule has 1 aliphatic carbocycles. The molecule has 1 aromatic heterocycles. The number of nitrogens with zero attached hydrogens (tertiary/aromatic N) is 2. The van der Waals surface area contributed by atoms with Gasteiger partial charge in [-0.1, -0.05) is 18.9 Å². The van der Waals surface area contributed by atoms with Gasteiger partial charge in [-0.25, -0.2) is 0 Å². The van der Waals surface area contributed by atoms with Gasteiger partial charge in [0.15, 0.2) is 0 Å². The molecule has 7 nitrogen and oxygen atoms in total. The summed E-state index contributed by atoms with van der Waals surface area (Å²) in [5.74, 6) is 0.788. The van der Waals surface area contributed by atoms with Gasteiger partial charge in [0, 0.05) is 49.3 Å². The standard InChI is InChI=1S/C24H34N4O3/c1-15-9-10-19(26-15)24(31)27-13-17-11-18(14-27)21(28-20(17)7-4-8-22(28)29)12-25-23(30)16-5-2-3-6-16/h4,7-8,15-19,21,26H,2-3,5-6,9-14H2,1H3,(H,25,30)/t15-,17+,18-,19-,21-/m0/s1. The summed E-state index contributed by atoms with van der Waals surface area (Å²) in [6, 6.07) is 5.66. The minimum Gasteiger partial charge on any atom is -0.354 e. The number of likely N-dealkylation sites (tertiary alicyclic amines) is 1. The van der Waals surface area contributed by atoms with E-state index in [0.717, 1.165) is 50.6 Å². The molecule has 0 spiro atoms. The van der Waals surface area contributed by atoms with Gasteiger partial charge in [0.25, 0.3) is 5.56 Å². The molecule has 7 heteroatoms. The van der Waals surface area contributed by atoms with Crippen LogP contribution in [0.2, 0.25) is 0 Å². The van der Waals surface area contributed by atoms with Crippen molar-refractivity contribution in [2.75, 3.05) is 19.6 Å². The Balaban J connectivity index is 1.37. The lowest BCUT2D eigenvalue weighted by atomic mass is 9.78. The Bertz CT molecular complexity index is 906. The van der Waals surface area contributed by atoms with Crippen molar-refractivity contribution in [2.24, 2.45) is 11.8 Å². The third-order valence-corrected chi connectivity index (χ3v) is 7.99. The van der Waals surface area contributed by atoms with Crippen molar-refractivity contribution in [1.29, 1.82) is 0 Å². The maximum absolute atomic E-state index is 13.2. The second-order valence-corrected chi connectivity index (χ2v) is 10.1. The molecule has 0 radical (unpaired) electrons. The number of hydrogen-bond acceptors (Lipinski definition) is 4. The number of fused-ring (bicyclic) bond motifs is 4. The molecule has 0 aromatic carbocycles. The Labute approximate surface area is 183 Å². The molecule has 4 aliphatic rings. The highest BCUT2D eigenvalue weighted by Gasteiger charge is 2.43. The number of piperidine rings is 1. The van der Waals surface area contributed by atoms with E-state index in [0.29, 0.717) is 25.7 Å². The van der Waals surface area contributed by atoms with Crippen LogP contribution >= 0.6 is 0 Å². The lowest BCUT2D eigenvalue weighted by molar-refractivity contribution is -0.136. The Morgan fingerprint density at radius 3 is 2.68 bits per heavy atom. The summed E-state index contributed by atoms with van der Waals surface area (Å²) in [6.07, 6.45) is 7.07. The highest BCUT2D eigenvalue weighted by Crippen LogP contribution is 2.41. The second-order valence-electron chi connectivity index (χ2n) is 10.1. The summed E-state index contributed by atoms with van der Waals surface area (Å²) in [4.78, 5) is 40.7. The van der Waals surface area contributed by atoms with Crippen molar-refractivity contribution in [3.8, 4) is 0 Å². The van der Waals surface area contributed by atoms with Gasteiger partial charge in [-0.3, -0.25) is 14.4 Å². The Morgan fingerprint density at radius 2 is 1.94 bits per heavy atom. The number of carbonyl (C=O) groups excluding carboxylic acids is 2. The van der Waals surface area contributed by atoms with Crippen LogP contribution in [-0.2, 0) is 9.59 Å². The van der Waals surface area contributed by atoms with Crippen LogP contribution in [0.3, 0.4) is 0 Å². The summed E-state index contributed by atoms with van der Waals surface area (Å²) >= 11 is 0.